The Hall–Kier alpha value is -4.48. The van der Waals surface area contributed by atoms with Crippen molar-refractivity contribution < 1.29 is 33.9 Å². The van der Waals surface area contributed by atoms with Crippen LogP contribution >= 0.6 is 0 Å². The normalized spacial score (nSPS) is 13.4. The van der Waals surface area contributed by atoms with Gasteiger partial charge < -0.3 is 32.1 Å². The summed E-state index contributed by atoms with van der Waals surface area (Å²) in [4.78, 5) is 73.9. The predicted molar refractivity (Wildman–Crippen MR) is 152 cm³/mol. The summed E-state index contributed by atoms with van der Waals surface area (Å²) in [5.74, 6) is -4.75. The number of benzene rings is 2. The van der Waals surface area contributed by atoms with Gasteiger partial charge in [0.2, 0.25) is 29.5 Å². The van der Waals surface area contributed by atoms with Crippen molar-refractivity contribution in [2.24, 2.45) is 11.1 Å². The van der Waals surface area contributed by atoms with Crippen LogP contribution in [0.3, 0.4) is 0 Å². The molecule has 0 unspecified atom stereocenters. The molecule has 12 nitrogen and oxygen atoms in total. The first-order valence-corrected chi connectivity index (χ1v) is 13.3. The number of carbonyl (C=O) groups is 6. The van der Waals surface area contributed by atoms with Gasteiger partial charge in [-0.05, 0) is 28.7 Å². The van der Waals surface area contributed by atoms with Gasteiger partial charge in [0.05, 0.1) is 12.8 Å². The molecule has 0 heterocycles. The zero-order chi connectivity index (χ0) is 30.7. The lowest BCUT2D eigenvalue weighted by Crippen LogP contribution is -2.57. The minimum Gasteiger partial charge on any atom is -0.481 e. The van der Waals surface area contributed by atoms with Crippen LogP contribution in [-0.4, -0.2) is 65.3 Å². The van der Waals surface area contributed by atoms with Crippen LogP contribution in [0.2, 0.25) is 0 Å². The van der Waals surface area contributed by atoms with Crippen molar-refractivity contribution in [3.8, 4) is 0 Å². The SMILES string of the molecule is C[C@H](NC(=O)[C@H](CC(N)=O)NC(=O)[C@H](Cc1ccc2ccccc2c1)NC(=O)CCC(=O)O)C(=O)NCC(C)(C)C. The van der Waals surface area contributed by atoms with E-state index < -0.39 is 66.5 Å². The number of hydrogen-bond donors (Lipinski definition) is 6. The van der Waals surface area contributed by atoms with Crippen molar-refractivity contribution in [1.29, 1.82) is 0 Å². The second kappa shape index (κ2) is 14.8. The quantitative estimate of drug-likeness (QED) is 0.193. The molecule has 7 N–H and O–H groups in total. The van der Waals surface area contributed by atoms with E-state index in [0.29, 0.717) is 12.1 Å². The number of carboxylic acids is 1. The number of carbonyl (C=O) groups excluding carboxylic acids is 5. The monoisotopic (exact) mass is 569 g/mol. The molecule has 2 rings (SSSR count). The molecule has 0 aliphatic rings. The van der Waals surface area contributed by atoms with Crippen LogP contribution in [0, 0.1) is 5.41 Å². The molecule has 0 radical (unpaired) electrons. The highest BCUT2D eigenvalue weighted by Crippen LogP contribution is 2.17. The van der Waals surface area contributed by atoms with Gasteiger partial charge in [-0.3, -0.25) is 28.8 Å². The third kappa shape index (κ3) is 11.7. The number of hydrogen-bond acceptors (Lipinski definition) is 6. The third-order valence-electron chi connectivity index (χ3n) is 6.05. The van der Waals surface area contributed by atoms with E-state index in [4.69, 9.17) is 10.8 Å². The minimum atomic E-state index is -1.42. The first-order chi connectivity index (χ1) is 19.1. The number of nitrogens with one attached hydrogen (secondary N) is 4. The summed E-state index contributed by atoms with van der Waals surface area (Å²) < 4.78 is 0. The molecule has 0 fully saturated rings. The zero-order valence-electron chi connectivity index (χ0n) is 23.8. The molecule has 0 aliphatic carbocycles. The summed E-state index contributed by atoms with van der Waals surface area (Å²) in [6.45, 7) is 7.63. The number of fused-ring (bicyclic) bond motifs is 1. The molecule has 0 saturated carbocycles. The Kier molecular flexibility index (Phi) is 11.8. The summed E-state index contributed by atoms with van der Waals surface area (Å²) >= 11 is 0. The summed E-state index contributed by atoms with van der Waals surface area (Å²) in [7, 11) is 0. The fourth-order valence-electron chi connectivity index (χ4n) is 3.87. The number of primary amides is 1. The van der Waals surface area contributed by atoms with E-state index in [2.05, 4.69) is 21.3 Å². The highest BCUT2D eigenvalue weighted by atomic mass is 16.4. The van der Waals surface area contributed by atoms with Gasteiger partial charge in [0.25, 0.3) is 0 Å². The Morgan fingerprint density at radius 1 is 0.829 bits per heavy atom. The third-order valence-corrected chi connectivity index (χ3v) is 6.05. The molecular formula is C29H39N5O7. The van der Waals surface area contributed by atoms with Gasteiger partial charge in [0.1, 0.15) is 18.1 Å². The topological polar surface area (TPSA) is 197 Å². The number of rotatable bonds is 14. The highest BCUT2D eigenvalue weighted by Gasteiger charge is 2.30. The second-order valence-corrected chi connectivity index (χ2v) is 11.1. The van der Waals surface area contributed by atoms with E-state index in [1.165, 1.54) is 6.92 Å². The molecule has 12 heteroatoms. The average Bonchev–Trinajstić information content (AvgIpc) is 2.88. The molecule has 0 bridgehead atoms. The zero-order valence-corrected chi connectivity index (χ0v) is 23.8. The van der Waals surface area contributed by atoms with Gasteiger partial charge in [-0.15, -0.1) is 0 Å². The van der Waals surface area contributed by atoms with E-state index in [1.54, 1.807) is 6.07 Å². The fraction of sp³-hybridized carbons (Fsp3) is 0.448. The van der Waals surface area contributed by atoms with Gasteiger partial charge in [-0.2, -0.15) is 0 Å². The van der Waals surface area contributed by atoms with Crippen LogP contribution in [0.4, 0.5) is 0 Å². The molecule has 0 saturated heterocycles. The van der Waals surface area contributed by atoms with Crippen molar-refractivity contribution in [2.45, 2.75) is 71.5 Å². The lowest BCUT2D eigenvalue weighted by molar-refractivity contribution is -0.139. The Balaban J connectivity index is 2.21. The summed E-state index contributed by atoms with van der Waals surface area (Å²) in [6, 6.07) is 9.48. The van der Waals surface area contributed by atoms with Crippen LogP contribution in [0.25, 0.3) is 10.8 Å². The first kappa shape index (κ1) is 32.7. The standard InChI is InChI=1S/C29H39N5O7/c1-17(26(39)31-16-29(2,3)4)32-27(40)22(15-23(30)35)34-28(41)21(33-24(36)11-12-25(37)38)14-18-9-10-19-7-5-6-8-20(19)13-18/h5-10,13,17,21-22H,11-12,14-16H2,1-4H3,(H2,30,35)(H,31,39)(H,32,40)(H,33,36)(H,34,41)(H,37,38)/t17-,21-,22-/m0/s1. The van der Waals surface area contributed by atoms with E-state index in [9.17, 15) is 28.8 Å². The molecule has 41 heavy (non-hydrogen) atoms. The number of nitrogens with two attached hydrogens (primary N) is 1. The smallest absolute Gasteiger partial charge is 0.303 e. The van der Waals surface area contributed by atoms with E-state index in [0.717, 1.165) is 10.8 Å². The molecular weight excluding hydrogens is 530 g/mol. The lowest BCUT2D eigenvalue weighted by Gasteiger charge is -2.25. The maximum Gasteiger partial charge on any atom is 0.303 e. The highest BCUT2D eigenvalue weighted by molar-refractivity contribution is 5.96. The van der Waals surface area contributed by atoms with E-state index in [1.807, 2.05) is 57.2 Å². The second-order valence-electron chi connectivity index (χ2n) is 11.1. The van der Waals surface area contributed by atoms with Crippen molar-refractivity contribution in [1.82, 2.24) is 21.3 Å². The molecule has 0 aliphatic heterocycles. The van der Waals surface area contributed by atoms with Crippen LogP contribution in [0.1, 0.15) is 52.5 Å². The Morgan fingerprint density at radius 3 is 2.07 bits per heavy atom. The minimum absolute atomic E-state index is 0.0198. The maximum atomic E-state index is 13.4. The summed E-state index contributed by atoms with van der Waals surface area (Å²) in [5.41, 5.74) is 5.83. The van der Waals surface area contributed by atoms with Gasteiger partial charge in [-0.25, -0.2) is 0 Å². The van der Waals surface area contributed by atoms with Crippen LogP contribution in [0.15, 0.2) is 42.5 Å². The van der Waals surface area contributed by atoms with Crippen molar-refractivity contribution in [3.63, 3.8) is 0 Å². The largest absolute Gasteiger partial charge is 0.481 e. The van der Waals surface area contributed by atoms with E-state index >= 15 is 0 Å². The molecule has 0 aromatic heterocycles. The number of carboxylic acid groups (broad SMARTS) is 1. The van der Waals surface area contributed by atoms with Crippen LogP contribution < -0.4 is 27.0 Å². The Morgan fingerprint density at radius 2 is 1.46 bits per heavy atom. The number of amides is 5. The van der Waals surface area contributed by atoms with Gasteiger partial charge in [-0.1, -0.05) is 63.2 Å². The Bertz CT molecular complexity index is 1290. The summed E-state index contributed by atoms with van der Waals surface area (Å²) in [6.07, 6.45) is -1.32. The van der Waals surface area contributed by atoms with E-state index in [-0.39, 0.29) is 18.3 Å². The van der Waals surface area contributed by atoms with Crippen molar-refractivity contribution >= 4 is 46.3 Å². The molecule has 0 spiro atoms. The fourth-order valence-corrected chi connectivity index (χ4v) is 3.87. The Labute approximate surface area is 238 Å². The molecule has 5 amide bonds. The van der Waals surface area contributed by atoms with Crippen LogP contribution in [-0.2, 0) is 35.2 Å². The van der Waals surface area contributed by atoms with Gasteiger partial charge >= 0.3 is 5.97 Å². The molecule has 2 aromatic carbocycles. The van der Waals surface area contributed by atoms with Gasteiger partial charge in [0.15, 0.2) is 0 Å². The average molecular weight is 570 g/mol. The summed E-state index contributed by atoms with van der Waals surface area (Å²) in [5, 5.41) is 21.0. The maximum absolute atomic E-state index is 13.4. The van der Waals surface area contributed by atoms with Crippen molar-refractivity contribution in [2.75, 3.05) is 6.54 Å². The predicted octanol–water partition coefficient (Wildman–Crippen LogP) is 0.759. The van der Waals surface area contributed by atoms with Crippen LogP contribution in [0.5, 0.6) is 0 Å². The van der Waals surface area contributed by atoms with Crippen molar-refractivity contribution in [3.05, 3.63) is 48.0 Å². The molecule has 3 atom stereocenters. The lowest BCUT2D eigenvalue weighted by atomic mass is 9.97. The molecule has 2 aromatic rings. The number of aliphatic carboxylic acids is 1. The van der Waals surface area contributed by atoms with Gasteiger partial charge in [0, 0.05) is 19.4 Å². The molecule has 222 valence electrons. The first-order valence-electron chi connectivity index (χ1n) is 13.3.